The van der Waals surface area contributed by atoms with Gasteiger partial charge in [0.15, 0.2) is 0 Å². The molecule has 6 nitrogen and oxygen atoms in total. The summed E-state index contributed by atoms with van der Waals surface area (Å²) in [6.07, 6.45) is 0. The van der Waals surface area contributed by atoms with E-state index in [9.17, 15) is 4.79 Å². The Kier molecular flexibility index (Phi) is 5.32. The van der Waals surface area contributed by atoms with Crippen LogP contribution in [-0.4, -0.2) is 52.8 Å². The fourth-order valence-corrected chi connectivity index (χ4v) is 3.54. The van der Waals surface area contributed by atoms with Crippen molar-refractivity contribution < 1.29 is 4.79 Å². The fraction of sp³-hybridized carbons (Fsp3) is 0.500. The lowest BCUT2D eigenvalue weighted by Gasteiger charge is -2.38. The number of benzene rings is 1. The van der Waals surface area contributed by atoms with Crippen molar-refractivity contribution in [1.82, 2.24) is 14.7 Å². The van der Waals surface area contributed by atoms with Crippen molar-refractivity contribution in [1.29, 1.82) is 0 Å². The number of anilines is 2. The molecule has 1 amide bonds. The lowest BCUT2D eigenvalue weighted by atomic mass is 10.1. The Bertz CT molecular complexity index is 789. The van der Waals surface area contributed by atoms with Gasteiger partial charge >= 0.3 is 0 Å². The van der Waals surface area contributed by atoms with E-state index in [1.165, 1.54) is 11.3 Å². The average molecular weight is 355 g/mol. The maximum absolute atomic E-state index is 12.7. The van der Waals surface area contributed by atoms with Crippen LogP contribution in [-0.2, 0) is 11.8 Å². The first-order chi connectivity index (χ1) is 12.4. The highest BCUT2D eigenvalue weighted by Gasteiger charge is 2.26. The summed E-state index contributed by atoms with van der Waals surface area (Å²) in [6, 6.07) is 8.45. The van der Waals surface area contributed by atoms with Crippen LogP contribution < -0.4 is 10.2 Å². The fourth-order valence-electron chi connectivity index (χ4n) is 3.54. The van der Waals surface area contributed by atoms with E-state index in [1.807, 2.05) is 27.8 Å². The summed E-state index contributed by atoms with van der Waals surface area (Å²) < 4.78 is 1.80. The third-order valence-corrected chi connectivity index (χ3v) is 5.37. The molecule has 6 heteroatoms. The highest BCUT2D eigenvalue weighted by molar-refractivity contribution is 5.95. The van der Waals surface area contributed by atoms with Gasteiger partial charge < -0.3 is 10.2 Å². The van der Waals surface area contributed by atoms with Crippen molar-refractivity contribution in [3.05, 3.63) is 41.2 Å². The molecule has 0 bridgehead atoms. The van der Waals surface area contributed by atoms with Gasteiger partial charge in [-0.2, -0.15) is 5.10 Å². The minimum atomic E-state index is -0.159. The Morgan fingerprint density at radius 2 is 1.85 bits per heavy atom. The molecule has 0 radical (unpaired) electrons. The average Bonchev–Trinajstić information content (AvgIpc) is 2.87. The van der Waals surface area contributed by atoms with Gasteiger partial charge in [0.1, 0.15) is 0 Å². The summed E-state index contributed by atoms with van der Waals surface area (Å²) in [6.45, 7) is 11.6. The SMILES string of the molecule is Cc1cccc(N2CCN(C(C)C(=O)Nc3c(C)nn(C)c3C)CC2)c1. The highest BCUT2D eigenvalue weighted by Crippen LogP contribution is 2.21. The van der Waals surface area contributed by atoms with E-state index in [-0.39, 0.29) is 11.9 Å². The first-order valence-electron chi connectivity index (χ1n) is 9.23. The third-order valence-electron chi connectivity index (χ3n) is 5.37. The zero-order chi connectivity index (χ0) is 18.8. The van der Waals surface area contributed by atoms with Crippen LogP contribution in [0.2, 0.25) is 0 Å². The van der Waals surface area contributed by atoms with Crippen LogP contribution in [0.15, 0.2) is 24.3 Å². The molecule has 140 valence electrons. The van der Waals surface area contributed by atoms with Crippen molar-refractivity contribution in [2.45, 2.75) is 33.7 Å². The van der Waals surface area contributed by atoms with Gasteiger partial charge in [-0.25, -0.2) is 0 Å². The first-order valence-corrected chi connectivity index (χ1v) is 9.23. The second kappa shape index (κ2) is 7.50. The predicted molar refractivity (Wildman–Crippen MR) is 106 cm³/mol. The summed E-state index contributed by atoms with van der Waals surface area (Å²) in [7, 11) is 1.89. The Morgan fingerprint density at radius 3 is 2.42 bits per heavy atom. The standard InChI is InChI=1S/C20H29N5O/c1-14-7-6-8-18(13-14)25-11-9-24(10-12-25)17(4)20(26)21-19-15(2)22-23(5)16(19)3/h6-8,13,17H,9-12H2,1-5H3,(H,21,26). The Balaban J connectivity index is 1.59. The van der Waals surface area contributed by atoms with Gasteiger partial charge in [0.05, 0.1) is 23.1 Å². The molecule has 0 spiro atoms. The van der Waals surface area contributed by atoms with Gasteiger partial charge in [-0.3, -0.25) is 14.4 Å². The zero-order valence-electron chi connectivity index (χ0n) is 16.4. The van der Waals surface area contributed by atoms with E-state index in [4.69, 9.17) is 0 Å². The molecular weight excluding hydrogens is 326 g/mol. The number of hydrogen-bond donors (Lipinski definition) is 1. The number of nitrogens with one attached hydrogen (secondary N) is 1. The zero-order valence-corrected chi connectivity index (χ0v) is 16.4. The summed E-state index contributed by atoms with van der Waals surface area (Å²) >= 11 is 0. The molecule has 3 rings (SSSR count). The largest absolute Gasteiger partial charge is 0.369 e. The third kappa shape index (κ3) is 3.75. The molecule has 1 saturated heterocycles. The van der Waals surface area contributed by atoms with E-state index in [1.54, 1.807) is 4.68 Å². The highest BCUT2D eigenvalue weighted by atomic mass is 16.2. The number of aryl methyl sites for hydroxylation is 3. The Labute approximate surface area is 155 Å². The van der Waals surface area contributed by atoms with Crippen LogP contribution in [0.4, 0.5) is 11.4 Å². The number of nitrogens with zero attached hydrogens (tertiary/aromatic N) is 4. The molecule has 1 aliphatic rings. The number of rotatable bonds is 4. The molecule has 2 aromatic rings. The molecule has 1 atom stereocenters. The van der Waals surface area contributed by atoms with Crippen LogP contribution in [0.3, 0.4) is 0 Å². The smallest absolute Gasteiger partial charge is 0.241 e. The number of carbonyl (C=O) groups is 1. The molecule has 2 heterocycles. The maximum atomic E-state index is 12.7. The van der Waals surface area contributed by atoms with E-state index in [2.05, 4.69) is 51.4 Å². The lowest BCUT2D eigenvalue weighted by molar-refractivity contribution is -0.120. The van der Waals surface area contributed by atoms with Gasteiger partial charge in [0.2, 0.25) is 5.91 Å². The van der Waals surface area contributed by atoms with Crippen molar-refractivity contribution in [2.75, 3.05) is 36.4 Å². The molecule has 0 aliphatic carbocycles. The van der Waals surface area contributed by atoms with Gasteiger partial charge in [0, 0.05) is 38.9 Å². The van der Waals surface area contributed by atoms with Crippen molar-refractivity contribution >= 4 is 17.3 Å². The van der Waals surface area contributed by atoms with Gasteiger partial charge in [-0.15, -0.1) is 0 Å². The molecular formula is C20H29N5O. The Morgan fingerprint density at radius 1 is 1.15 bits per heavy atom. The summed E-state index contributed by atoms with van der Waals surface area (Å²) in [4.78, 5) is 17.4. The van der Waals surface area contributed by atoms with Crippen LogP contribution in [0.1, 0.15) is 23.9 Å². The number of hydrogen-bond acceptors (Lipinski definition) is 4. The lowest BCUT2D eigenvalue weighted by Crippen LogP contribution is -2.52. The molecule has 1 N–H and O–H groups in total. The number of piperazine rings is 1. The quantitative estimate of drug-likeness (QED) is 0.916. The second-order valence-corrected chi connectivity index (χ2v) is 7.20. The van der Waals surface area contributed by atoms with E-state index < -0.39 is 0 Å². The summed E-state index contributed by atoms with van der Waals surface area (Å²) in [5.41, 5.74) is 5.22. The minimum absolute atomic E-state index is 0.0354. The molecule has 0 saturated carbocycles. The Hall–Kier alpha value is -2.34. The molecule has 26 heavy (non-hydrogen) atoms. The molecule has 1 aliphatic heterocycles. The predicted octanol–water partition coefficient (Wildman–Crippen LogP) is 2.49. The van der Waals surface area contributed by atoms with Crippen LogP contribution in [0.5, 0.6) is 0 Å². The van der Waals surface area contributed by atoms with Gasteiger partial charge in [-0.05, 0) is 45.4 Å². The molecule has 1 fully saturated rings. The van der Waals surface area contributed by atoms with Crippen molar-refractivity contribution in [3.8, 4) is 0 Å². The van der Waals surface area contributed by atoms with Crippen molar-refractivity contribution in [2.24, 2.45) is 7.05 Å². The van der Waals surface area contributed by atoms with E-state index in [0.29, 0.717) is 0 Å². The van der Waals surface area contributed by atoms with Crippen LogP contribution in [0, 0.1) is 20.8 Å². The molecule has 1 aromatic heterocycles. The second-order valence-electron chi connectivity index (χ2n) is 7.20. The van der Waals surface area contributed by atoms with Crippen LogP contribution in [0.25, 0.3) is 0 Å². The number of amides is 1. The van der Waals surface area contributed by atoms with Crippen LogP contribution >= 0.6 is 0 Å². The molecule has 1 aromatic carbocycles. The normalized spacial score (nSPS) is 16.6. The molecule has 1 unspecified atom stereocenters. The van der Waals surface area contributed by atoms with Gasteiger partial charge in [0.25, 0.3) is 0 Å². The first kappa shape index (κ1) is 18.5. The maximum Gasteiger partial charge on any atom is 0.241 e. The summed E-state index contributed by atoms with van der Waals surface area (Å²) in [5, 5.41) is 7.44. The van der Waals surface area contributed by atoms with Crippen molar-refractivity contribution in [3.63, 3.8) is 0 Å². The van der Waals surface area contributed by atoms with E-state index >= 15 is 0 Å². The van der Waals surface area contributed by atoms with Gasteiger partial charge in [-0.1, -0.05) is 12.1 Å². The van der Waals surface area contributed by atoms with E-state index in [0.717, 1.165) is 43.3 Å². The summed E-state index contributed by atoms with van der Waals surface area (Å²) in [5.74, 6) is 0.0354. The monoisotopic (exact) mass is 355 g/mol. The number of carbonyl (C=O) groups excluding carboxylic acids is 1. The number of aromatic nitrogens is 2. The minimum Gasteiger partial charge on any atom is -0.369 e. The topological polar surface area (TPSA) is 53.4 Å².